The van der Waals surface area contributed by atoms with Gasteiger partial charge in [0.15, 0.2) is 0 Å². The standard InChI is InChI=1S/C14H20O2/c1-2-16-10-9-12-8-7-11-5-3-4-6-13(11)14(12)15/h3-6,12,14-15H,2,7-10H2,1H3. The molecule has 2 unspecified atom stereocenters. The Hall–Kier alpha value is -0.860. The van der Waals surface area contributed by atoms with Crippen LogP contribution in [-0.4, -0.2) is 18.3 Å². The molecule has 2 atom stereocenters. The van der Waals surface area contributed by atoms with Crippen molar-refractivity contribution >= 4 is 0 Å². The number of aryl methyl sites for hydroxylation is 1. The maximum atomic E-state index is 10.3. The van der Waals surface area contributed by atoms with Crippen LogP contribution in [0.1, 0.15) is 37.0 Å². The molecule has 88 valence electrons. The van der Waals surface area contributed by atoms with E-state index >= 15 is 0 Å². The molecule has 1 aromatic rings. The highest BCUT2D eigenvalue weighted by Crippen LogP contribution is 2.35. The van der Waals surface area contributed by atoms with Gasteiger partial charge in [0.2, 0.25) is 0 Å². The van der Waals surface area contributed by atoms with Gasteiger partial charge in [-0.3, -0.25) is 0 Å². The second-order valence-electron chi connectivity index (χ2n) is 4.43. The van der Waals surface area contributed by atoms with E-state index in [4.69, 9.17) is 4.74 Å². The lowest BCUT2D eigenvalue weighted by Gasteiger charge is -2.30. The second kappa shape index (κ2) is 5.46. The molecule has 0 saturated carbocycles. The molecule has 0 heterocycles. The molecular formula is C14H20O2. The van der Waals surface area contributed by atoms with Crippen molar-refractivity contribution in [3.8, 4) is 0 Å². The Morgan fingerprint density at radius 2 is 2.19 bits per heavy atom. The lowest BCUT2D eigenvalue weighted by atomic mass is 9.80. The van der Waals surface area contributed by atoms with Crippen molar-refractivity contribution < 1.29 is 9.84 Å². The van der Waals surface area contributed by atoms with Gasteiger partial charge in [0.25, 0.3) is 0 Å². The topological polar surface area (TPSA) is 29.5 Å². The van der Waals surface area contributed by atoms with Crippen LogP contribution in [0, 0.1) is 5.92 Å². The molecule has 1 aliphatic rings. The molecule has 0 saturated heterocycles. The van der Waals surface area contributed by atoms with Crippen LogP contribution in [-0.2, 0) is 11.2 Å². The summed E-state index contributed by atoms with van der Waals surface area (Å²) in [6.07, 6.45) is 2.82. The van der Waals surface area contributed by atoms with E-state index in [0.29, 0.717) is 5.92 Å². The number of hydrogen-bond donors (Lipinski definition) is 1. The van der Waals surface area contributed by atoms with E-state index in [1.807, 2.05) is 25.1 Å². The molecule has 0 spiro atoms. The first-order valence-electron chi connectivity index (χ1n) is 6.16. The highest BCUT2D eigenvalue weighted by Gasteiger charge is 2.26. The SMILES string of the molecule is CCOCCC1CCc2ccccc2C1O. The summed E-state index contributed by atoms with van der Waals surface area (Å²) in [6, 6.07) is 8.23. The zero-order valence-corrected chi connectivity index (χ0v) is 9.86. The molecule has 0 aliphatic heterocycles. The fourth-order valence-electron chi connectivity index (χ4n) is 2.48. The number of aliphatic hydroxyl groups excluding tert-OH is 1. The molecule has 0 amide bonds. The summed E-state index contributed by atoms with van der Waals surface area (Å²) in [6.45, 7) is 3.53. The van der Waals surface area contributed by atoms with Crippen molar-refractivity contribution in [2.75, 3.05) is 13.2 Å². The van der Waals surface area contributed by atoms with Gasteiger partial charge in [-0.1, -0.05) is 24.3 Å². The molecule has 1 aromatic carbocycles. The van der Waals surface area contributed by atoms with Crippen molar-refractivity contribution in [3.63, 3.8) is 0 Å². The quantitative estimate of drug-likeness (QED) is 0.791. The van der Waals surface area contributed by atoms with Crippen LogP contribution in [0.2, 0.25) is 0 Å². The molecule has 0 fully saturated rings. The predicted molar refractivity (Wildman–Crippen MR) is 64.3 cm³/mol. The normalized spacial score (nSPS) is 24.1. The molecule has 2 heteroatoms. The minimum Gasteiger partial charge on any atom is -0.388 e. The van der Waals surface area contributed by atoms with Crippen LogP contribution in [0.15, 0.2) is 24.3 Å². The number of ether oxygens (including phenoxy) is 1. The summed E-state index contributed by atoms with van der Waals surface area (Å²) < 4.78 is 5.36. The van der Waals surface area contributed by atoms with Crippen molar-refractivity contribution in [3.05, 3.63) is 35.4 Å². The van der Waals surface area contributed by atoms with Gasteiger partial charge in [0, 0.05) is 13.2 Å². The lowest BCUT2D eigenvalue weighted by Crippen LogP contribution is -2.21. The summed E-state index contributed by atoms with van der Waals surface area (Å²) in [4.78, 5) is 0. The van der Waals surface area contributed by atoms with E-state index in [2.05, 4.69) is 6.07 Å². The zero-order valence-electron chi connectivity index (χ0n) is 9.86. The number of fused-ring (bicyclic) bond motifs is 1. The Morgan fingerprint density at radius 1 is 1.38 bits per heavy atom. The maximum absolute atomic E-state index is 10.3. The maximum Gasteiger partial charge on any atom is 0.0821 e. The third-order valence-corrected chi connectivity index (χ3v) is 3.44. The molecule has 0 radical (unpaired) electrons. The van der Waals surface area contributed by atoms with Gasteiger partial charge in [0.05, 0.1) is 6.10 Å². The summed E-state index contributed by atoms with van der Waals surface area (Å²) in [5, 5.41) is 10.3. The summed E-state index contributed by atoms with van der Waals surface area (Å²) in [5.74, 6) is 0.362. The number of hydrogen-bond acceptors (Lipinski definition) is 2. The first-order chi connectivity index (χ1) is 7.83. The molecule has 2 rings (SSSR count). The van der Waals surface area contributed by atoms with Crippen LogP contribution >= 0.6 is 0 Å². The van der Waals surface area contributed by atoms with E-state index in [1.54, 1.807) is 0 Å². The Labute approximate surface area is 97.3 Å². The average Bonchev–Trinajstić information content (AvgIpc) is 2.33. The Balaban J connectivity index is 2.00. The molecule has 1 N–H and O–H groups in total. The Kier molecular flexibility index (Phi) is 3.97. The van der Waals surface area contributed by atoms with Gasteiger partial charge in [-0.05, 0) is 43.2 Å². The van der Waals surface area contributed by atoms with Crippen molar-refractivity contribution in [2.45, 2.75) is 32.3 Å². The number of benzene rings is 1. The smallest absolute Gasteiger partial charge is 0.0821 e. The van der Waals surface area contributed by atoms with Crippen LogP contribution < -0.4 is 0 Å². The average molecular weight is 220 g/mol. The highest BCUT2D eigenvalue weighted by atomic mass is 16.5. The van der Waals surface area contributed by atoms with Crippen LogP contribution in [0.25, 0.3) is 0 Å². The fraction of sp³-hybridized carbons (Fsp3) is 0.571. The van der Waals surface area contributed by atoms with Gasteiger partial charge in [-0.25, -0.2) is 0 Å². The molecule has 0 aromatic heterocycles. The van der Waals surface area contributed by atoms with Crippen LogP contribution in [0.3, 0.4) is 0 Å². The monoisotopic (exact) mass is 220 g/mol. The second-order valence-corrected chi connectivity index (χ2v) is 4.43. The van der Waals surface area contributed by atoms with Gasteiger partial charge in [-0.15, -0.1) is 0 Å². The molecule has 2 nitrogen and oxygen atoms in total. The molecule has 0 bridgehead atoms. The van der Waals surface area contributed by atoms with E-state index < -0.39 is 0 Å². The molecular weight excluding hydrogens is 200 g/mol. The van der Waals surface area contributed by atoms with E-state index in [-0.39, 0.29) is 6.10 Å². The van der Waals surface area contributed by atoms with Crippen molar-refractivity contribution in [1.82, 2.24) is 0 Å². The third kappa shape index (κ3) is 2.45. The number of aliphatic hydroxyl groups is 1. The Bertz CT molecular complexity index is 335. The van der Waals surface area contributed by atoms with E-state index in [9.17, 15) is 5.11 Å². The first kappa shape index (κ1) is 11.6. The van der Waals surface area contributed by atoms with Gasteiger partial charge in [-0.2, -0.15) is 0 Å². The van der Waals surface area contributed by atoms with E-state index in [0.717, 1.165) is 38.0 Å². The molecule has 16 heavy (non-hydrogen) atoms. The minimum atomic E-state index is -0.301. The number of rotatable bonds is 4. The van der Waals surface area contributed by atoms with Gasteiger partial charge < -0.3 is 9.84 Å². The van der Waals surface area contributed by atoms with Gasteiger partial charge in [0.1, 0.15) is 0 Å². The lowest BCUT2D eigenvalue weighted by molar-refractivity contribution is 0.0583. The fourth-order valence-corrected chi connectivity index (χ4v) is 2.48. The first-order valence-corrected chi connectivity index (χ1v) is 6.16. The zero-order chi connectivity index (χ0) is 11.4. The third-order valence-electron chi connectivity index (χ3n) is 3.44. The summed E-state index contributed by atoms with van der Waals surface area (Å²) >= 11 is 0. The van der Waals surface area contributed by atoms with Crippen LogP contribution in [0.5, 0.6) is 0 Å². The highest BCUT2D eigenvalue weighted by molar-refractivity contribution is 5.31. The van der Waals surface area contributed by atoms with Crippen molar-refractivity contribution in [2.24, 2.45) is 5.92 Å². The largest absolute Gasteiger partial charge is 0.388 e. The van der Waals surface area contributed by atoms with Crippen molar-refractivity contribution in [1.29, 1.82) is 0 Å². The molecule has 1 aliphatic carbocycles. The van der Waals surface area contributed by atoms with E-state index in [1.165, 1.54) is 5.56 Å². The van der Waals surface area contributed by atoms with Gasteiger partial charge >= 0.3 is 0 Å². The Morgan fingerprint density at radius 3 is 3.00 bits per heavy atom. The van der Waals surface area contributed by atoms with Crippen LogP contribution in [0.4, 0.5) is 0 Å². The predicted octanol–water partition coefficient (Wildman–Crippen LogP) is 2.71. The minimum absolute atomic E-state index is 0.301. The summed E-state index contributed by atoms with van der Waals surface area (Å²) in [7, 11) is 0. The summed E-state index contributed by atoms with van der Waals surface area (Å²) in [5.41, 5.74) is 2.43.